The number of benzene rings is 2. The monoisotopic (exact) mass is 463 g/mol. The molecule has 3 unspecified atom stereocenters. The Kier molecular flexibility index (Phi) is 7.95. The first-order valence-electron chi connectivity index (χ1n) is 10.3. The van der Waals surface area contributed by atoms with E-state index in [9.17, 15) is 19.8 Å². The van der Waals surface area contributed by atoms with Crippen LogP contribution in [0.1, 0.15) is 31.1 Å². The van der Waals surface area contributed by atoms with E-state index in [4.69, 9.17) is 25.8 Å². The van der Waals surface area contributed by atoms with Gasteiger partial charge in [0.2, 0.25) is 12.2 Å². The number of rotatable bonds is 9. The molecule has 0 fully saturated rings. The fourth-order valence-corrected chi connectivity index (χ4v) is 3.45. The van der Waals surface area contributed by atoms with Gasteiger partial charge < -0.3 is 29.7 Å². The number of aliphatic hydroxyl groups is 1. The van der Waals surface area contributed by atoms with Crippen LogP contribution in [0.3, 0.4) is 0 Å². The zero-order valence-electron chi connectivity index (χ0n) is 17.8. The van der Waals surface area contributed by atoms with Gasteiger partial charge in [0.1, 0.15) is 0 Å². The minimum Gasteiger partial charge on any atom is -0.478 e. The molecule has 0 radical (unpaired) electrons. The predicted octanol–water partition coefficient (Wildman–Crippen LogP) is 2.75. The number of aliphatic hydroxyl groups excluding tert-OH is 1. The Morgan fingerprint density at radius 3 is 2.56 bits per heavy atom. The second-order valence-corrected chi connectivity index (χ2v) is 8.14. The third kappa shape index (κ3) is 6.12. The van der Waals surface area contributed by atoms with Gasteiger partial charge in [0.25, 0.3) is 0 Å². The zero-order chi connectivity index (χ0) is 23.3. The second-order valence-electron chi connectivity index (χ2n) is 7.71. The van der Waals surface area contributed by atoms with Crippen molar-refractivity contribution in [2.75, 3.05) is 13.1 Å². The Labute approximate surface area is 191 Å². The summed E-state index contributed by atoms with van der Waals surface area (Å²) in [7, 11) is 0. The van der Waals surface area contributed by atoms with Crippen LogP contribution >= 0.6 is 11.6 Å². The maximum Gasteiger partial charge on any atom is 0.352 e. The van der Waals surface area contributed by atoms with Crippen LogP contribution in [0.2, 0.25) is 5.02 Å². The summed E-state index contributed by atoms with van der Waals surface area (Å²) in [5, 5.41) is 23.5. The molecule has 3 atom stereocenters. The molecular weight excluding hydrogens is 438 g/mol. The molecule has 1 heterocycles. The van der Waals surface area contributed by atoms with E-state index in [0.717, 1.165) is 11.1 Å². The first-order valence-corrected chi connectivity index (χ1v) is 10.7. The number of fused-ring (bicyclic) bond motifs is 1. The lowest BCUT2D eigenvalue weighted by molar-refractivity contribution is -0.171. The van der Waals surface area contributed by atoms with Gasteiger partial charge in [-0.25, -0.2) is 9.59 Å². The number of hydrogen-bond donors (Lipinski definition) is 3. The largest absolute Gasteiger partial charge is 0.478 e. The minimum absolute atomic E-state index is 0.252. The van der Waals surface area contributed by atoms with Crippen LogP contribution in [0.5, 0.6) is 11.5 Å². The van der Waals surface area contributed by atoms with Gasteiger partial charge in [0.05, 0.1) is 12.2 Å². The first-order chi connectivity index (χ1) is 15.2. The molecule has 3 rings (SSSR count). The summed E-state index contributed by atoms with van der Waals surface area (Å²) >= 11 is 5.95. The molecule has 3 N–H and O–H groups in total. The fourth-order valence-electron chi connectivity index (χ4n) is 3.25. The molecule has 9 heteroatoms. The van der Waals surface area contributed by atoms with Crippen molar-refractivity contribution in [3.63, 3.8) is 0 Å². The van der Waals surface area contributed by atoms with Gasteiger partial charge in [-0.05, 0) is 62.2 Å². The van der Waals surface area contributed by atoms with Crippen molar-refractivity contribution in [2.24, 2.45) is 0 Å². The van der Waals surface area contributed by atoms with E-state index in [1.165, 1.54) is 0 Å². The van der Waals surface area contributed by atoms with E-state index in [1.54, 1.807) is 44.2 Å². The van der Waals surface area contributed by atoms with E-state index in [-0.39, 0.29) is 11.5 Å². The third-order valence-corrected chi connectivity index (χ3v) is 5.02. The number of aliphatic carboxylic acids is 1. The summed E-state index contributed by atoms with van der Waals surface area (Å²) in [6.45, 7) is 4.26. The zero-order valence-corrected chi connectivity index (χ0v) is 18.5. The summed E-state index contributed by atoms with van der Waals surface area (Å²) in [5.41, 5.74) is 1.61. The van der Waals surface area contributed by atoms with Crippen LogP contribution in [-0.2, 0) is 20.7 Å². The molecular formula is C23H26ClNO7. The standard InChI is InChI=1S/C23H26ClNO7/c1-13(2)30-23(29)21-20(22(27)28)32-19-10-14(6-7-18(19)31-21)8-9-25-12-17(26)15-4-3-5-16(24)11-15/h3-7,10-11,13,17,20-21,25-26H,8-9,12H2,1-2H3,(H,27,28). The molecule has 0 amide bonds. The van der Waals surface area contributed by atoms with Gasteiger partial charge in [0, 0.05) is 11.6 Å². The van der Waals surface area contributed by atoms with E-state index >= 15 is 0 Å². The molecule has 2 aromatic carbocycles. The molecule has 0 aliphatic carbocycles. The number of esters is 1. The highest BCUT2D eigenvalue weighted by Gasteiger charge is 2.43. The van der Waals surface area contributed by atoms with Gasteiger partial charge >= 0.3 is 11.9 Å². The molecule has 2 aromatic rings. The van der Waals surface area contributed by atoms with Crippen molar-refractivity contribution in [1.82, 2.24) is 5.32 Å². The number of ether oxygens (including phenoxy) is 3. The molecule has 1 aliphatic heterocycles. The van der Waals surface area contributed by atoms with Crippen LogP contribution in [-0.4, -0.2) is 53.6 Å². The number of carbonyl (C=O) groups is 2. The van der Waals surface area contributed by atoms with Gasteiger partial charge in [-0.1, -0.05) is 29.8 Å². The average Bonchev–Trinajstić information content (AvgIpc) is 2.75. The SMILES string of the molecule is CC(C)OC(=O)C1Oc2ccc(CCNCC(O)c3cccc(Cl)c3)cc2OC1C(=O)O. The van der Waals surface area contributed by atoms with Crippen LogP contribution in [0.4, 0.5) is 0 Å². The topological polar surface area (TPSA) is 114 Å². The molecule has 0 saturated carbocycles. The highest BCUT2D eigenvalue weighted by molar-refractivity contribution is 6.30. The average molecular weight is 464 g/mol. The van der Waals surface area contributed by atoms with Crippen molar-refractivity contribution in [3.05, 3.63) is 58.6 Å². The second kappa shape index (κ2) is 10.7. The number of hydrogen-bond acceptors (Lipinski definition) is 7. The summed E-state index contributed by atoms with van der Waals surface area (Å²) < 4.78 is 16.3. The molecule has 0 aromatic heterocycles. The number of carbonyl (C=O) groups excluding carboxylic acids is 1. The Morgan fingerprint density at radius 2 is 1.88 bits per heavy atom. The van der Waals surface area contributed by atoms with Crippen LogP contribution in [0.15, 0.2) is 42.5 Å². The Bertz CT molecular complexity index is 965. The van der Waals surface area contributed by atoms with Crippen LogP contribution in [0, 0.1) is 0 Å². The van der Waals surface area contributed by atoms with E-state index < -0.39 is 36.4 Å². The lowest BCUT2D eigenvalue weighted by Crippen LogP contribution is -2.50. The van der Waals surface area contributed by atoms with Crippen LogP contribution < -0.4 is 14.8 Å². The smallest absolute Gasteiger partial charge is 0.352 e. The Balaban J connectivity index is 1.58. The Hall–Kier alpha value is -2.81. The maximum absolute atomic E-state index is 12.2. The van der Waals surface area contributed by atoms with E-state index in [1.807, 2.05) is 12.1 Å². The molecule has 0 spiro atoms. The summed E-state index contributed by atoms with van der Waals surface area (Å²) in [5.74, 6) is -1.57. The number of carboxylic acid groups (broad SMARTS) is 1. The number of nitrogens with one attached hydrogen (secondary N) is 1. The quantitative estimate of drug-likeness (QED) is 0.384. The lowest BCUT2D eigenvalue weighted by Gasteiger charge is -2.30. The van der Waals surface area contributed by atoms with Crippen molar-refractivity contribution in [1.29, 1.82) is 0 Å². The first kappa shape index (κ1) is 23.8. The summed E-state index contributed by atoms with van der Waals surface area (Å²) in [6, 6.07) is 12.2. The fraction of sp³-hybridized carbons (Fsp3) is 0.391. The molecule has 0 bridgehead atoms. The highest BCUT2D eigenvalue weighted by Crippen LogP contribution is 2.35. The third-order valence-electron chi connectivity index (χ3n) is 4.78. The predicted molar refractivity (Wildman–Crippen MR) is 117 cm³/mol. The minimum atomic E-state index is -1.50. The van der Waals surface area contributed by atoms with Gasteiger partial charge in [-0.3, -0.25) is 0 Å². The molecule has 1 aliphatic rings. The van der Waals surface area contributed by atoms with Crippen molar-refractivity contribution < 1.29 is 34.0 Å². The normalized spacial score (nSPS) is 18.3. The van der Waals surface area contributed by atoms with Gasteiger partial charge in [-0.2, -0.15) is 0 Å². The van der Waals surface area contributed by atoms with Gasteiger partial charge in [0.15, 0.2) is 11.5 Å². The lowest BCUT2D eigenvalue weighted by atomic mass is 10.1. The summed E-state index contributed by atoms with van der Waals surface area (Å²) in [4.78, 5) is 23.8. The molecule has 172 valence electrons. The number of halogens is 1. The number of carboxylic acids is 1. The molecule has 32 heavy (non-hydrogen) atoms. The van der Waals surface area contributed by atoms with Crippen molar-refractivity contribution >= 4 is 23.5 Å². The highest BCUT2D eigenvalue weighted by atomic mass is 35.5. The van der Waals surface area contributed by atoms with E-state index in [2.05, 4.69) is 5.32 Å². The van der Waals surface area contributed by atoms with E-state index in [0.29, 0.717) is 24.5 Å². The summed E-state index contributed by atoms with van der Waals surface area (Å²) in [6.07, 6.45) is -3.38. The Morgan fingerprint density at radius 1 is 1.12 bits per heavy atom. The maximum atomic E-state index is 12.2. The van der Waals surface area contributed by atoms with Crippen molar-refractivity contribution in [2.45, 2.75) is 44.7 Å². The molecule has 0 saturated heterocycles. The molecule has 8 nitrogen and oxygen atoms in total. The van der Waals surface area contributed by atoms with Crippen molar-refractivity contribution in [3.8, 4) is 11.5 Å². The van der Waals surface area contributed by atoms with Gasteiger partial charge in [-0.15, -0.1) is 0 Å². The van der Waals surface area contributed by atoms with Crippen LogP contribution in [0.25, 0.3) is 0 Å².